The van der Waals surface area contributed by atoms with Gasteiger partial charge in [0.15, 0.2) is 5.03 Å². The minimum absolute atomic E-state index is 0.0331. The van der Waals surface area contributed by atoms with Gasteiger partial charge in [0.2, 0.25) is 0 Å². The Balaban J connectivity index is 1.75. The van der Waals surface area contributed by atoms with Crippen LogP contribution in [0.3, 0.4) is 0 Å². The van der Waals surface area contributed by atoms with Crippen LogP contribution in [0.15, 0.2) is 72.1 Å². The van der Waals surface area contributed by atoms with Crippen LogP contribution in [-0.2, 0) is 30.0 Å². The minimum atomic E-state index is -3.63. The van der Waals surface area contributed by atoms with E-state index in [-0.39, 0.29) is 11.6 Å². The van der Waals surface area contributed by atoms with Crippen LogP contribution in [0.1, 0.15) is 22.6 Å². The first-order valence-corrected chi connectivity index (χ1v) is 11.1. The number of benzene rings is 2. The molecular formula is C22H28N4O2S. The molecule has 0 aliphatic carbocycles. The summed E-state index contributed by atoms with van der Waals surface area (Å²) in [5, 5.41) is 0.0331. The van der Waals surface area contributed by atoms with E-state index in [1.807, 2.05) is 18.2 Å². The first kappa shape index (κ1) is 21.2. The molecule has 1 aromatic heterocycles. The molecule has 0 aliphatic rings. The number of hydrogen-bond acceptors (Lipinski definition) is 4. The van der Waals surface area contributed by atoms with E-state index in [4.69, 9.17) is 0 Å². The Kier molecular flexibility index (Phi) is 6.84. The predicted molar refractivity (Wildman–Crippen MR) is 115 cm³/mol. The van der Waals surface area contributed by atoms with Gasteiger partial charge < -0.3 is 9.47 Å². The summed E-state index contributed by atoms with van der Waals surface area (Å²) in [7, 11) is 2.26. The van der Waals surface area contributed by atoms with Crippen LogP contribution >= 0.6 is 0 Å². The zero-order chi connectivity index (χ0) is 20.9. The van der Waals surface area contributed by atoms with Crippen LogP contribution in [-0.4, -0.2) is 43.5 Å². The molecule has 1 N–H and O–H groups in total. The second kappa shape index (κ2) is 9.35. The van der Waals surface area contributed by atoms with E-state index >= 15 is 0 Å². The fourth-order valence-corrected chi connectivity index (χ4v) is 4.36. The van der Waals surface area contributed by atoms with Crippen molar-refractivity contribution in [1.29, 1.82) is 0 Å². The highest BCUT2D eigenvalue weighted by Gasteiger charge is 2.18. The molecule has 1 unspecified atom stereocenters. The van der Waals surface area contributed by atoms with Crippen molar-refractivity contribution in [2.75, 3.05) is 20.6 Å². The molecule has 0 amide bonds. The highest BCUT2D eigenvalue weighted by Crippen LogP contribution is 2.23. The van der Waals surface area contributed by atoms with Crippen molar-refractivity contribution in [2.24, 2.45) is 7.05 Å². The minimum Gasteiger partial charge on any atom is -0.339 e. The van der Waals surface area contributed by atoms with Crippen LogP contribution in [0.5, 0.6) is 0 Å². The van der Waals surface area contributed by atoms with E-state index in [2.05, 4.69) is 65.1 Å². The zero-order valence-electron chi connectivity index (χ0n) is 17.1. The lowest BCUT2D eigenvalue weighted by Gasteiger charge is -2.22. The number of aromatic nitrogens is 2. The molecule has 1 heterocycles. The van der Waals surface area contributed by atoms with E-state index in [1.54, 1.807) is 11.6 Å². The number of imidazole rings is 1. The van der Waals surface area contributed by atoms with Crippen molar-refractivity contribution in [3.63, 3.8) is 0 Å². The van der Waals surface area contributed by atoms with E-state index in [0.29, 0.717) is 5.92 Å². The van der Waals surface area contributed by atoms with Gasteiger partial charge in [-0.25, -0.2) is 18.1 Å². The normalized spacial score (nSPS) is 13.0. The number of hydrogen-bond donors (Lipinski definition) is 1. The fraction of sp³-hybridized carbons (Fsp3) is 0.318. The van der Waals surface area contributed by atoms with Crippen molar-refractivity contribution < 1.29 is 8.42 Å². The number of sulfonamides is 1. The molecule has 2 aromatic carbocycles. The fourth-order valence-electron chi connectivity index (χ4n) is 3.36. The van der Waals surface area contributed by atoms with Crippen LogP contribution in [0.2, 0.25) is 0 Å². The molecule has 3 rings (SSSR count). The molecule has 0 saturated heterocycles. The molecule has 154 valence electrons. The summed E-state index contributed by atoms with van der Waals surface area (Å²) < 4.78 is 29.1. The SMILES string of the molecule is CN(C)CC(Cc1ccccc1)c1cccc(CNS(=O)(=O)c2cn(C)cn2)c1. The molecule has 29 heavy (non-hydrogen) atoms. The van der Waals surface area contributed by atoms with Crippen molar-refractivity contribution >= 4 is 10.0 Å². The lowest BCUT2D eigenvalue weighted by Crippen LogP contribution is -2.24. The summed E-state index contributed by atoms with van der Waals surface area (Å²) in [5.74, 6) is 0.319. The quantitative estimate of drug-likeness (QED) is 0.587. The number of likely N-dealkylation sites (N-methyl/N-ethyl adjacent to an activating group) is 1. The highest BCUT2D eigenvalue weighted by atomic mass is 32.2. The van der Waals surface area contributed by atoms with E-state index in [9.17, 15) is 8.42 Å². The molecule has 0 bridgehead atoms. The Hall–Kier alpha value is -2.48. The van der Waals surface area contributed by atoms with E-state index in [0.717, 1.165) is 18.5 Å². The largest absolute Gasteiger partial charge is 0.339 e. The number of nitrogens with one attached hydrogen (secondary N) is 1. The molecule has 0 spiro atoms. The third-order valence-corrected chi connectivity index (χ3v) is 6.04. The Labute approximate surface area is 173 Å². The van der Waals surface area contributed by atoms with Crippen LogP contribution < -0.4 is 4.72 Å². The first-order chi connectivity index (χ1) is 13.8. The van der Waals surface area contributed by atoms with Crippen molar-refractivity contribution in [3.8, 4) is 0 Å². The third-order valence-electron chi connectivity index (χ3n) is 4.76. The van der Waals surface area contributed by atoms with E-state index in [1.165, 1.54) is 23.7 Å². The topological polar surface area (TPSA) is 67.2 Å². The summed E-state index contributed by atoms with van der Waals surface area (Å²) in [6.07, 6.45) is 3.90. The van der Waals surface area contributed by atoms with Gasteiger partial charge in [0.1, 0.15) is 0 Å². The molecule has 6 nitrogen and oxygen atoms in total. The predicted octanol–water partition coefficient (Wildman–Crippen LogP) is 2.79. The molecule has 1 atom stereocenters. The second-order valence-electron chi connectivity index (χ2n) is 7.60. The maximum atomic E-state index is 12.4. The van der Waals surface area contributed by atoms with E-state index < -0.39 is 10.0 Å². The molecule has 0 aliphatic heterocycles. The molecule has 0 fully saturated rings. The maximum absolute atomic E-state index is 12.4. The summed E-state index contributed by atoms with van der Waals surface area (Å²) >= 11 is 0. The van der Waals surface area contributed by atoms with Gasteiger partial charge >= 0.3 is 0 Å². The van der Waals surface area contributed by atoms with Gasteiger partial charge in [0, 0.05) is 32.3 Å². The molecule has 3 aromatic rings. The van der Waals surface area contributed by atoms with Gasteiger partial charge in [-0.2, -0.15) is 0 Å². The maximum Gasteiger partial charge on any atom is 0.259 e. The van der Waals surface area contributed by atoms with Gasteiger partial charge in [0.05, 0.1) is 6.33 Å². The van der Waals surface area contributed by atoms with Gasteiger partial charge in [-0.05, 0) is 37.2 Å². The summed E-state index contributed by atoms with van der Waals surface area (Å²) in [6, 6.07) is 18.6. The average Bonchev–Trinajstić information content (AvgIpc) is 3.14. The average molecular weight is 413 g/mol. The number of aryl methyl sites for hydroxylation is 1. The van der Waals surface area contributed by atoms with Gasteiger partial charge in [-0.3, -0.25) is 0 Å². The molecule has 7 heteroatoms. The monoisotopic (exact) mass is 412 g/mol. The lowest BCUT2D eigenvalue weighted by molar-refractivity contribution is 0.371. The molecular weight excluding hydrogens is 384 g/mol. The van der Waals surface area contributed by atoms with Crippen LogP contribution in [0, 0.1) is 0 Å². The van der Waals surface area contributed by atoms with Crippen molar-refractivity contribution in [2.45, 2.75) is 23.9 Å². The van der Waals surface area contributed by atoms with Crippen LogP contribution in [0.4, 0.5) is 0 Å². The van der Waals surface area contributed by atoms with Crippen molar-refractivity contribution in [1.82, 2.24) is 19.2 Å². The number of rotatable bonds is 9. The Morgan fingerprint density at radius 2 is 1.79 bits per heavy atom. The second-order valence-corrected chi connectivity index (χ2v) is 9.31. The Morgan fingerprint density at radius 1 is 1.07 bits per heavy atom. The smallest absolute Gasteiger partial charge is 0.259 e. The summed E-state index contributed by atoms with van der Waals surface area (Å²) in [4.78, 5) is 6.12. The summed E-state index contributed by atoms with van der Waals surface area (Å²) in [5.41, 5.74) is 3.43. The molecule has 0 radical (unpaired) electrons. The Morgan fingerprint density at radius 3 is 2.45 bits per heavy atom. The van der Waals surface area contributed by atoms with Gasteiger partial charge in [-0.15, -0.1) is 0 Å². The lowest BCUT2D eigenvalue weighted by atomic mass is 9.90. The standard InChI is InChI=1S/C22H28N4O2S/c1-25(2)15-21(12-18-8-5-4-6-9-18)20-11-7-10-19(13-20)14-24-29(27,28)22-16-26(3)17-23-22/h4-11,13,16-17,21,24H,12,14-15H2,1-3H3. The van der Waals surface area contributed by atoms with Gasteiger partial charge in [-0.1, -0.05) is 54.6 Å². The zero-order valence-corrected chi connectivity index (χ0v) is 17.9. The Bertz CT molecular complexity index is 1030. The number of nitrogens with zero attached hydrogens (tertiary/aromatic N) is 3. The first-order valence-electron chi connectivity index (χ1n) is 9.58. The summed E-state index contributed by atoms with van der Waals surface area (Å²) in [6.45, 7) is 1.14. The van der Waals surface area contributed by atoms with Gasteiger partial charge in [0.25, 0.3) is 10.0 Å². The van der Waals surface area contributed by atoms with Crippen LogP contribution in [0.25, 0.3) is 0 Å². The third kappa shape index (κ3) is 6.00. The van der Waals surface area contributed by atoms with Crippen molar-refractivity contribution in [3.05, 3.63) is 83.8 Å². The molecule has 0 saturated carbocycles. The highest BCUT2D eigenvalue weighted by molar-refractivity contribution is 7.89.